The molecule has 148 valence electrons. The minimum absolute atomic E-state index is 0.0541. The first-order chi connectivity index (χ1) is 13.8. The van der Waals surface area contributed by atoms with Gasteiger partial charge in [0.1, 0.15) is 10.0 Å². The van der Waals surface area contributed by atoms with Gasteiger partial charge in [0.2, 0.25) is 0 Å². The average Bonchev–Trinajstić information content (AvgIpc) is 3.04. The number of benzene rings is 2. The van der Waals surface area contributed by atoms with Crippen molar-refractivity contribution in [3.8, 4) is 0 Å². The summed E-state index contributed by atoms with van der Waals surface area (Å²) in [7, 11) is -3.94. The fourth-order valence-corrected chi connectivity index (χ4v) is 6.00. The van der Waals surface area contributed by atoms with Crippen LogP contribution in [0, 0.1) is 12.7 Å². The lowest BCUT2D eigenvalue weighted by molar-refractivity contribution is 0.602. The molecule has 0 aliphatic rings. The van der Waals surface area contributed by atoms with Crippen molar-refractivity contribution in [1.82, 2.24) is 4.57 Å². The maximum absolute atomic E-state index is 14.1. The Kier molecular flexibility index (Phi) is 4.97. The van der Waals surface area contributed by atoms with Gasteiger partial charge in [0.15, 0.2) is 0 Å². The zero-order chi connectivity index (χ0) is 20.6. The number of aryl methyl sites for hydroxylation is 1. The van der Waals surface area contributed by atoms with Crippen molar-refractivity contribution in [3.63, 3.8) is 0 Å². The van der Waals surface area contributed by atoms with Crippen molar-refractivity contribution in [2.24, 2.45) is 0 Å². The van der Waals surface area contributed by atoms with Crippen LogP contribution in [0.5, 0.6) is 0 Å². The minimum atomic E-state index is -3.94. The Morgan fingerprint density at radius 1 is 1.03 bits per heavy atom. The van der Waals surface area contributed by atoms with Gasteiger partial charge < -0.3 is 4.57 Å². The quantitative estimate of drug-likeness (QED) is 0.514. The summed E-state index contributed by atoms with van der Waals surface area (Å²) in [6.45, 7) is 1.91. The molecule has 0 radical (unpaired) electrons. The molecule has 2 heterocycles. The van der Waals surface area contributed by atoms with Gasteiger partial charge in [-0.05, 0) is 36.2 Å². The molecule has 29 heavy (non-hydrogen) atoms. The number of hydrogen-bond acceptors (Lipinski definition) is 4. The highest BCUT2D eigenvalue weighted by molar-refractivity contribution is 7.94. The summed E-state index contributed by atoms with van der Waals surface area (Å²) in [4.78, 5) is 12.2. The summed E-state index contributed by atoms with van der Waals surface area (Å²) in [6, 6.07) is 16.7. The average molecular weight is 429 g/mol. The van der Waals surface area contributed by atoms with E-state index >= 15 is 0 Å². The molecule has 4 rings (SSSR count). The molecular weight excluding hydrogens is 411 g/mol. The van der Waals surface area contributed by atoms with Crippen molar-refractivity contribution in [3.05, 3.63) is 94.2 Å². The number of fused-ring (bicyclic) bond motifs is 1. The second kappa shape index (κ2) is 7.46. The summed E-state index contributed by atoms with van der Waals surface area (Å²) >= 11 is 1.02. The lowest BCUT2D eigenvalue weighted by atomic mass is 10.2. The zero-order valence-electron chi connectivity index (χ0n) is 15.4. The van der Waals surface area contributed by atoms with E-state index in [2.05, 4.69) is 4.72 Å². The number of pyridine rings is 1. The van der Waals surface area contributed by atoms with Gasteiger partial charge in [-0.1, -0.05) is 36.4 Å². The van der Waals surface area contributed by atoms with Gasteiger partial charge in [-0.25, -0.2) is 12.8 Å². The van der Waals surface area contributed by atoms with Gasteiger partial charge in [0.25, 0.3) is 15.6 Å². The molecule has 1 N–H and O–H groups in total. The van der Waals surface area contributed by atoms with Crippen molar-refractivity contribution in [2.45, 2.75) is 17.7 Å². The van der Waals surface area contributed by atoms with Crippen LogP contribution in [0.2, 0.25) is 0 Å². The molecule has 0 aliphatic heterocycles. The number of nitrogens with one attached hydrogen (secondary N) is 1. The van der Waals surface area contributed by atoms with Crippen LogP contribution in [0.1, 0.15) is 11.1 Å². The van der Waals surface area contributed by atoms with Gasteiger partial charge in [0, 0.05) is 22.3 Å². The number of aromatic nitrogens is 1. The number of rotatable bonds is 5. The second-order valence-corrected chi connectivity index (χ2v) is 9.53. The maximum Gasteiger partial charge on any atom is 0.271 e. The molecule has 0 saturated carbocycles. The van der Waals surface area contributed by atoms with Crippen LogP contribution in [0.15, 0.2) is 75.9 Å². The van der Waals surface area contributed by atoms with Crippen LogP contribution in [-0.2, 0) is 16.6 Å². The summed E-state index contributed by atoms with van der Waals surface area (Å²) in [5.74, 6) is -0.450. The molecule has 0 spiro atoms. The Bertz CT molecular complexity index is 1360. The summed E-state index contributed by atoms with van der Waals surface area (Å²) < 4.78 is 44.6. The molecule has 0 fully saturated rings. The normalized spacial score (nSPS) is 11.7. The summed E-state index contributed by atoms with van der Waals surface area (Å²) in [6.07, 6.45) is 1.47. The van der Waals surface area contributed by atoms with Gasteiger partial charge in [-0.15, -0.1) is 11.3 Å². The van der Waals surface area contributed by atoms with Crippen molar-refractivity contribution in [2.75, 3.05) is 4.72 Å². The van der Waals surface area contributed by atoms with Crippen LogP contribution in [-0.4, -0.2) is 13.0 Å². The molecule has 2 aromatic carbocycles. The van der Waals surface area contributed by atoms with Crippen LogP contribution < -0.4 is 10.3 Å². The Labute approximate surface area is 171 Å². The predicted molar refractivity (Wildman–Crippen MR) is 114 cm³/mol. The first-order valence-electron chi connectivity index (χ1n) is 8.80. The third-order valence-electron chi connectivity index (χ3n) is 4.53. The molecule has 4 aromatic rings. The molecular formula is C21H17FN2O3S2. The Hall–Kier alpha value is -2.97. The highest BCUT2D eigenvalue weighted by Gasteiger charge is 2.23. The first kappa shape index (κ1) is 19.4. The SMILES string of the molecule is Cc1c(S(=O)(=O)Nc2ccc(=O)n(Cc3ccccc3)c2)sc2cccc(F)c12. The summed E-state index contributed by atoms with van der Waals surface area (Å²) in [5, 5.41) is 0.312. The lowest BCUT2D eigenvalue weighted by Crippen LogP contribution is -2.21. The number of thiophene rings is 1. The number of sulfonamides is 1. The lowest BCUT2D eigenvalue weighted by Gasteiger charge is -2.11. The highest BCUT2D eigenvalue weighted by Crippen LogP contribution is 2.36. The molecule has 8 heteroatoms. The van der Waals surface area contributed by atoms with Crippen molar-refractivity contribution < 1.29 is 12.8 Å². The number of halogens is 1. The van der Waals surface area contributed by atoms with E-state index in [1.807, 2.05) is 30.3 Å². The Morgan fingerprint density at radius 3 is 2.52 bits per heavy atom. The smallest absolute Gasteiger partial charge is 0.271 e. The fraction of sp³-hybridized carbons (Fsp3) is 0.0952. The highest BCUT2D eigenvalue weighted by atomic mass is 32.2. The Balaban J connectivity index is 1.69. The largest absolute Gasteiger partial charge is 0.309 e. The van der Waals surface area contributed by atoms with Crippen molar-refractivity contribution in [1.29, 1.82) is 0 Å². The van der Waals surface area contributed by atoms with E-state index in [0.717, 1.165) is 16.9 Å². The number of hydrogen-bond donors (Lipinski definition) is 1. The molecule has 0 saturated heterocycles. The molecule has 0 unspecified atom stereocenters. The molecule has 5 nitrogen and oxygen atoms in total. The minimum Gasteiger partial charge on any atom is -0.309 e. The molecule has 0 amide bonds. The van der Waals surface area contributed by atoms with Crippen LogP contribution in [0.25, 0.3) is 10.1 Å². The molecule has 0 atom stereocenters. The van der Waals surface area contributed by atoms with Gasteiger partial charge in [-0.3, -0.25) is 9.52 Å². The van der Waals surface area contributed by atoms with E-state index in [4.69, 9.17) is 0 Å². The number of nitrogens with zero attached hydrogens (tertiary/aromatic N) is 1. The van der Waals surface area contributed by atoms with Crippen molar-refractivity contribution >= 4 is 37.1 Å². The summed E-state index contributed by atoms with van der Waals surface area (Å²) in [5.41, 5.74) is 1.31. The Morgan fingerprint density at radius 2 is 1.79 bits per heavy atom. The fourth-order valence-electron chi connectivity index (χ4n) is 3.19. The topological polar surface area (TPSA) is 68.2 Å². The second-order valence-electron chi connectivity index (χ2n) is 6.60. The van der Waals surface area contributed by atoms with E-state index in [1.54, 1.807) is 19.1 Å². The molecule has 0 aliphatic carbocycles. The third-order valence-corrected chi connectivity index (χ3v) is 7.79. The van der Waals surface area contributed by atoms with E-state index < -0.39 is 15.8 Å². The van der Waals surface area contributed by atoms with Crippen LogP contribution in [0.4, 0.5) is 10.1 Å². The van der Waals surface area contributed by atoms with Crippen LogP contribution in [0.3, 0.4) is 0 Å². The third kappa shape index (κ3) is 3.81. The monoisotopic (exact) mass is 428 g/mol. The maximum atomic E-state index is 14.1. The van der Waals surface area contributed by atoms with Gasteiger partial charge in [-0.2, -0.15) is 0 Å². The zero-order valence-corrected chi connectivity index (χ0v) is 17.1. The molecule has 0 bridgehead atoms. The van der Waals surface area contributed by atoms with E-state index in [1.165, 1.54) is 29.0 Å². The molecule has 2 aromatic heterocycles. The van der Waals surface area contributed by atoms with Crippen LogP contribution >= 0.6 is 11.3 Å². The number of anilines is 1. The van der Waals surface area contributed by atoms with E-state index in [9.17, 15) is 17.6 Å². The first-order valence-corrected chi connectivity index (χ1v) is 11.1. The van der Waals surface area contributed by atoms with Gasteiger partial charge in [0.05, 0.1) is 12.2 Å². The van der Waals surface area contributed by atoms with Gasteiger partial charge >= 0.3 is 0 Å². The predicted octanol–water partition coefficient (Wildman–Crippen LogP) is 4.36. The standard InChI is InChI=1S/C21H17FN2O3S2/c1-14-20-17(22)8-5-9-18(20)28-21(14)29(26,27)23-16-10-11-19(25)24(13-16)12-15-6-3-2-4-7-15/h2-11,13,23H,12H2,1H3. The van der Waals surface area contributed by atoms with E-state index in [0.29, 0.717) is 22.2 Å². The van der Waals surface area contributed by atoms with E-state index in [-0.39, 0.29) is 15.5 Å².